The second kappa shape index (κ2) is 6.27. The molecule has 0 atom stereocenters. The predicted molar refractivity (Wildman–Crippen MR) is 83.4 cm³/mol. The molecule has 3 aromatic rings. The van der Waals surface area contributed by atoms with Gasteiger partial charge in [0.1, 0.15) is 5.56 Å². The number of fused-ring (bicyclic) bond motifs is 1. The van der Waals surface area contributed by atoms with Gasteiger partial charge in [0, 0.05) is 37.3 Å². The van der Waals surface area contributed by atoms with E-state index in [1.165, 1.54) is 24.5 Å². The first-order valence-electron chi connectivity index (χ1n) is 7.04. The fourth-order valence-electron chi connectivity index (χ4n) is 2.19. The number of hydrogen-bond acceptors (Lipinski definition) is 5. The lowest BCUT2D eigenvalue weighted by Gasteiger charge is -2.06. The molecule has 7 heteroatoms. The van der Waals surface area contributed by atoms with Gasteiger partial charge in [-0.2, -0.15) is 0 Å². The van der Waals surface area contributed by atoms with E-state index in [-0.39, 0.29) is 17.0 Å². The van der Waals surface area contributed by atoms with Crippen LogP contribution in [0.1, 0.15) is 16.1 Å². The second-order valence-electron chi connectivity index (χ2n) is 4.89. The van der Waals surface area contributed by atoms with Gasteiger partial charge in [0.15, 0.2) is 11.4 Å². The lowest BCUT2D eigenvalue weighted by Crippen LogP contribution is -2.32. The Morgan fingerprint density at radius 3 is 2.87 bits per heavy atom. The number of carbonyl (C=O) groups excluding carboxylic acids is 1. The quantitative estimate of drug-likeness (QED) is 0.742. The van der Waals surface area contributed by atoms with Crippen LogP contribution in [0.2, 0.25) is 0 Å². The minimum Gasteiger partial charge on any atom is -0.504 e. The summed E-state index contributed by atoms with van der Waals surface area (Å²) in [6.45, 7) is 0.359. The van der Waals surface area contributed by atoms with Crippen molar-refractivity contribution < 1.29 is 9.90 Å². The van der Waals surface area contributed by atoms with Gasteiger partial charge < -0.3 is 10.4 Å². The third kappa shape index (κ3) is 3.03. The van der Waals surface area contributed by atoms with Gasteiger partial charge in [-0.1, -0.05) is 6.07 Å². The predicted octanol–water partition coefficient (Wildman–Crippen LogP) is 0.768. The van der Waals surface area contributed by atoms with Crippen molar-refractivity contribution in [3.63, 3.8) is 0 Å². The Kier molecular flexibility index (Phi) is 4.01. The van der Waals surface area contributed by atoms with Gasteiger partial charge in [-0.15, -0.1) is 0 Å². The van der Waals surface area contributed by atoms with Crippen molar-refractivity contribution in [3.8, 4) is 5.75 Å². The summed E-state index contributed by atoms with van der Waals surface area (Å²) in [4.78, 5) is 32.6. The van der Waals surface area contributed by atoms with Crippen molar-refractivity contribution in [2.75, 3.05) is 6.54 Å². The van der Waals surface area contributed by atoms with Crippen LogP contribution in [0.15, 0.2) is 53.7 Å². The summed E-state index contributed by atoms with van der Waals surface area (Å²) >= 11 is 0. The SMILES string of the molecule is O=C(NCCc1ccccn1)c1cnc2c(O)cccn2c1=O. The Hall–Kier alpha value is -3.22. The van der Waals surface area contributed by atoms with Crippen LogP contribution < -0.4 is 10.9 Å². The lowest BCUT2D eigenvalue weighted by molar-refractivity contribution is 0.0952. The maximum Gasteiger partial charge on any atom is 0.270 e. The normalized spacial score (nSPS) is 10.6. The van der Waals surface area contributed by atoms with E-state index in [0.717, 1.165) is 10.1 Å². The summed E-state index contributed by atoms with van der Waals surface area (Å²) in [5.74, 6) is -0.622. The van der Waals surface area contributed by atoms with Crippen LogP contribution in [0.25, 0.3) is 5.65 Å². The van der Waals surface area contributed by atoms with E-state index in [1.54, 1.807) is 6.20 Å². The average Bonchev–Trinajstić information content (AvgIpc) is 2.57. The molecule has 0 fully saturated rings. The number of pyridine rings is 2. The average molecular weight is 310 g/mol. The van der Waals surface area contributed by atoms with Crippen LogP contribution >= 0.6 is 0 Å². The van der Waals surface area contributed by atoms with Crippen LogP contribution in [0.4, 0.5) is 0 Å². The summed E-state index contributed by atoms with van der Waals surface area (Å²) in [5, 5.41) is 12.3. The standard InChI is InChI=1S/C16H14N4O3/c21-13-5-3-9-20-14(13)19-10-12(16(20)23)15(22)18-8-6-11-4-1-2-7-17-11/h1-5,7,9-10,21H,6,8H2,(H,18,22). The van der Waals surface area contributed by atoms with E-state index in [2.05, 4.69) is 15.3 Å². The molecule has 0 aromatic carbocycles. The van der Waals surface area contributed by atoms with Crippen LogP contribution in [-0.2, 0) is 6.42 Å². The monoisotopic (exact) mass is 310 g/mol. The molecule has 7 nitrogen and oxygen atoms in total. The van der Waals surface area contributed by atoms with Crippen LogP contribution in [0, 0.1) is 0 Å². The molecule has 0 aliphatic heterocycles. The molecule has 23 heavy (non-hydrogen) atoms. The van der Waals surface area contributed by atoms with Gasteiger partial charge >= 0.3 is 0 Å². The molecule has 2 N–H and O–H groups in total. The Morgan fingerprint density at radius 2 is 2.09 bits per heavy atom. The molecule has 0 saturated carbocycles. The minimum absolute atomic E-state index is 0.0749. The van der Waals surface area contributed by atoms with Crippen LogP contribution in [0.3, 0.4) is 0 Å². The number of amides is 1. The van der Waals surface area contributed by atoms with Crippen molar-refractivity contribution in [1.29, 1.82) is 0 Å². The zero-order chi connectivity index (χ0) is 16.2. The molecule has 116 valence electrons. The molecule has 1 amide bonds. The Bertz CT molecular complexity index is 906. The van der Waals surface area contributed by atoms with E-state index < -0.39 is 11.5 Å². The Morgan fingerprint density at radius 1 is 1.22 bits per heavy atom. The number of carbonyl (C=O) groups is 1. The van der Waals surface area contributed by atoms with Gasteiger partial charge in [0.25, 0.3) is 11.5 Å². The lowest BCUT2D eigenvalue weighted by atomic mass is 10.2. The fraction of sp³-hybridized carbons (Fsp3) is 0.125. The maximum atomic E-state index is 12.3. The molecule has 0 aliphatic rings. The van der Waals surface area contributed by atoms with Gasteiger partial charge in [-0.25, -0.2) is 4.98 Å². The van der Waals surface area contributed by atoms with Gasteiger partial charge in [0.2, 0.25) is 0 Å². The third-order valence-corrected chi connectivity index (χ3v) is 3.35. The number of rotatable bonds is 4. The van der Waals surface area contributed by atoms with Crippen molar-refractivity contribution in [2.45, 2.75) is 6.42 Å². The molecule has 3 aromatic heterocycles. The number of nitrogens with zero attached hydrogens (tertiary/aromatic N) is 3. The first-order chi connectivity index (χ1) is 11.2. The van der Waals surface area contributed by atoms with E-state index in [1.807, 2.05) is 18.2 Å². The molecular formula is C16H14N4O3. The van der Waals surface area contributed by atoms with Crippen molar-refractivity contribution in [2.24, 2.45) is 0 Å². The van der Waals surface area contributed by atoms with Crippen molar-refractivity contribution in [1.82, 2.24) is 19.7 Å². The summed E-state index contributed by atoms with van der Waals surface area (Å²) < 4.78 is 1.14. The largest absolute Gasteiger partial charge is 0.504 e. The van der Waals surface area contributed by atoms with E-state index in [0.29, 0.717) is 13.0 Å². The fourth-order valence-corrected chi connectivity index (χ4v) is 2.19. The number of aromatic hydroxyl groups is 1. The third-order valence-electron chi connectivity index (χ3n) is 3.35. The number of hydrogen-bond donors (Lipinski definition) is 2. The molecule has 0 bridgehead atoms. The molecule has 0 unspecified atom stereocenters. The zero-order valence-corrected chi connectivity index (χ0v) is 12.1. The molecule has 0 aliphatic carbocycles. The highest BCUT2D eigenvalue weighted by atomic mass is 16.3. The minimum atomic E-state index is -0.527. The van der Waals surface area contributed by atoms with E-state index >= 15 is 0 Å². The highest BCUT2D eigenvalue weighted by molar-refractivity contribution is 5.93. The van der Waals surface area contributed by atoms with Gasteiger partial charge in [0.05, 0.1) is 0 Å². The van der Waals surface area contributed by atoms with Crippen molar-refractivity contribution >= 4 is 11.6 Å². The molecule has 3 heterocycles. The van der Waals surface area contributed by atoms with Gasteiger partial charge in [-0.05, 0) is 24.3 Å². The van der Waals surface area contributed by atoms with E-state index in [9.17, 15) is 14.7 Å². The highest BCUT2D eigenvalue weighted by Gasteiger charge is 2.14. The summed E-state index contributed by atoms with van der Waals surface area (Å²) in [5.41, 5.74) is 0.365. The molecule has 0 saturated heterocycles. The first kappa shape index (κ1) is 14.7. The smallest absolute Gasteiger partial charge is 0.270 e. The summed E-state index contributed by atoms with van der Waals surface area (Å²) in [6, 6.07) is 8.49. The van der Waals surface area contributed by atoms with Gasteiger partial charge in [-0.3, -0.25) is 19.0 Å². The molecule has 0 radical (unpaired) electrons. The topological polar surface area (TPSA) is 96.6 Å². The van der Waals surface area contributed by atoms with E-state index in [4.69, 9.17) is 0 Å². The first-order valence-corrected chi connectivity index (χ1v) is 7.04. The zero-order valence-electron chi connectivity index (χ0n) is 12.1. The Balaban J connectivity index is 1.76. The van der Waals surface area contributed by atoms with Crippen LogP contribution in [-0.4, -0.2) is 31.9 Å². The van der Waals surface area contributed by atoms with Crippen LogP contribution in [0.5, 0.6) is 5.75 Å². The highest BCUT2D eigenvalue weighted by Crippen LogP contribution is 2.12. The summed E-state index contributed by atoms with van der Waals surface area (Å²) in [6.07, 6.45) is 4.88. The maximum absolute atomic E-state index is 12.3. The number of aromatic nitrogens is 3. The van der Waals surface area contributed by atoms with Crippen molar-refractivity contribution in [3.05, 3.63) is 70.5 Å². The molecule has 3 rings (SSSR count). The molecular weight excluding hydrogens is 296 g/mol. The number of nitrogens with one attached hydrogen (secondary N) is 1. The summed E-state index contributed by atoms with van der Waals surface area (Å²) in [7, 11) is 0. The second-order valence-corrected chi connectivity index (χ2v) is 4.89. The Labute approximate surface area is 131 Å². The molecule has 0 spiro atoms.